The molecule has 120 valence electrons. The predicted molar refractivity (Wildman–Crippen MR) is 82.8 cm³/mol. The molecule has 0 aliphatic carbocycles. The van der Waals surface area contributed by atoms with E-state index in [2.05, 4.69) is 15.4 Å². The second-order valence-electron chi connectivity index (χ2n) is 5.23. The maximum Gasteiger partial charge on any atom is 0.305 e. The van der Waals surface area contributed by atoms with E-state index < -0.39 is 0 Å². The van der Waals surface area contributed by atoms with Crippen LogP contribution in [0.3, 0.4) is 0 Å². The summed E-state index contributed by atoms with van der Waals surface area (Å²) in [4.78, 5) is 22.9. The zero-order valence-corrected chi connectivity index (χ0v) is 12.8. The Balaban J connectivity index is 1.73. The first-order valence-corrected chi connectivity index (χ1v) is 7.50. The van der Waals surface area contributed by atoms with Gasteiger partial charge < -0.3 is 20.1 Å². The molecule has 0 bridgehead atoms. The highest BCUT2D eigenvalue weighted by Gasteiger charge is 2.22. The van der Waals surface area contributed by atoms with Gasteiger partial charge in [-0.05, 0) is 43.7 Å². The standard InChI is InChI=1S/C16H22N2O4/c1-21-15(19)3-2-10-22-14-6-4-13(5-7-14)18-16(20)12-8-9-17-11-12/h4-7,12,17H,2-3,8-11H2,1H3,(H,18,20). The predicted octanol–water partition coefficient (Wildman–Crippen LogP) is 1.57. The molecule has 1 amide bonds. The van der Waals surface area contributed by atoms with Crippen LogP contribution in [0.5, 0.6) is 5.75 Å². The van der Waals surface area contributed by atoms with Gasteiger partial charge in [0.2, 0.25) is 5.91 Å². The first-order chi connectivity index (χ1) is 10.7. The van der Waals surface area contributed by atoms with Crippen molar-refractivity contribution in [3.05, 3.63) is 24.3 Å². The molecular weight excluding hydrogens is 284 g/mol. The van der Waals surface area contributed by atoms with Gasteiger partial charge in [-0.2, -0.15) is 0 Å². The van der Waals surface area contributed by atoms with Gasteiger partial charge in [0.15, 0.2) is 0 Å². The first-order valence-electron chi connectivity index (χ1n) is 7.50. The van der Waals surface area contributed by atoms with E-state index in [9.17, 15) is 9.59 Å². The minimum atomic E-state index is -0.233. The Kier molecular flexibility index (Phi) is 6.21. The number of methoxy groups -OCH3 is 1. The van der Waals surface area contributed by atoms with E-state index in [0.717, 1.165) is 25.2 Å². The van der Waals surface area contributed by atoms with Crippen LogP contribution >= 0.6 is 0 Å². The van der Waals surface area contributed by atoms with Gasteiger partial charge in [-0.1, -0.05) is 0 Å². The number of anilines is 1. The summed E-state index contributed by atoms with van der Waals surface area (Å²) in [5.41, 5.74) is 0.763. The van der Waals surface area contributed by atoms with Crippen LogP contribution in [0, 0.1) is 5.92 Å². The first kappa shape index (κ1) is 16.3. The van der Waals surface area contributed by atoms with Crippen LogP contribution in [0.1, 0.15) is 19.3 Å². The van der Waals surface area contributed by atoms with E-state index in [1.165, 1.54) is 7.11 Å². The Morgan fingerprint density at radius 2 is 2.09 bits per heavy atom. The van der Waals surface area contributed by atoms with E-state index >= 15 is 0 Å². The van der Waals surface area contributed by atoms with E-state index in [0.29, 0.717) is 25.2 Å². The fourth-order valence-electron chi connectivity index (χ4n) is 2.27. The van der Waals surface area contributed by atoms with Crippen LogP contribution in [0.15, 0.2) is 24.3 Å². The number of hydrogen-bond donors (Lipinski definition) is 2. The average Bonchev–Trinajstić information content (AvgIpc) is 3.07. The summed E-state index contributed by atoms with van der Waals surface area (Å²) in [5, 5.41) is 6.08. The Bertz CT molecular complexity index is 495. The van der Waals surface area contributed by atoms with E-state index in [1.807, 2.05) is 12.1 Å². The Morgan fingerprint density at radius 1 is 1.32 bits per heavy atom. The molecule has 6 heteroatoms. The van der Waals surface area contributed by atoms with E-state index in [-0.39, 0.29) is 17.8 Å². The zero-order valence-electron chi connectivity index (χ0n) is 12.8. The molecule has 1 aliphatic rings. The lowest BCUT2D eigenvalue weighted by Gasteiger charge is -2.11. The molecule has 1 atom stereocenters. The second kappa shape index (κ2) is 8.38. The van der Waals surface area contributed by atoms with E-state index in [1.54, 1.807) is 12.1 Å². The van der Waals surface area contributed by atoms with Gasteiger partial charge in [0.25, 0.3) is 0 Å². The van der Waals surface area contributed by atoms with Crippen molar-refractivity contribution in [2.75, 3.05) is 32.1 Å². The minimum absolute atomic E-state index is 0.0502. The van der Waals surface area contributed by atoms with Crippen molar-refractivity contribution in [1.82, 2.24) is 5.32 Å². The Labute approximate surface area is 130 Å². The molecule has 1 heterocycles. The van der Waals surface area contributed by atoms with Crippen molar-refractivity contribution in [2.24, 2.45) is 5.92 Å². The molecule has 1 aliphatic heterocycles. The summed E-state index contributed by atoms with van der Waals surface area (Å²) in [6.45, 7) is 2.10. The number of hydrogen-bond acceptors (Lipinski definition) is 5. The van der Waals surface area contributed by atoms with Crippen molar-refractivity contribution in [1.29, 1.82) is 0 Å². The Morgan fingerprint density at radius 3 is 2.73 bits per heavy atom. The molecule has 0 aromatic heterocycles. The van der Waals surface area contributed by atoms with Gasteiger partial charge in [-0.15, -0.1) is 0 Å². The van der Waals surface area contributed by atoms with Crippen molar-refractivity contribution >= 4 is 17.6 Å². The maximum atomic E-state index is 12.0. The highest BCUT2D eigenvalue weighted by atomic mass is 16.5. The lowest BCUT2D eigenvalue weighted by molar-refractivity contribution is -0.140. The summed E-state index contributed by atoms with van der Waals surface area (Å²) in [7, 11) is 1.37. The largest absolute Gasteiger partial charge is 0.494 e. The molecule has 0 saturated carbocycles. The molecule has 2 N–H and O–H groups in total. The summed E-state index contributed by atoms with van der Waals surface area (Å²) in [6.07, 6.45) is 1.84. The third kappa shape index (κ3) is 5.04. The smallest absolute Gasteiger partial charge is 0.305 e. The van der Waals surface area contributed by atoms with Crippen LogP contribution in [0.25, 0.3) is 0 Å². The van der Waals surface area contributed by atoms with Crippen LogP contribution < -0.4 is 15.4 Å². The zero-order chi connectivity index (χ0) is 15.8. The van der Waals surface area contributed by atoms with Gasteiger partial charge in [0.05, 0.1) is 19.6 Å². The van der Waals surface area contributed by atoms with Gasteiger partial charge in [-0.25, -0.2) is 0 Å². The molecule has 1 fully saturated rings. The normalized spacial score (nSPS) is 17.0. The van der Waals surface area contributed by atoms with Gasteiger partial charge >= 0.3 is 5.97 Å². The number of carbonyl (C=O) groups is 2. The van der Waals surface area contributed by atoms with Crippen molar-refractivity contribution in [2.45, 2.75) is 19.3 Å². The summed E-state index contributed by atoms with van der Waals surface area (Å²) in [5.74, 6) is 0.583. The summed E-state index contributed by atoms with van der Waals surface area (Å²) in [6, 6.07) is 7.24. The van der Waals surface area contributed by atoms with Crippen molar-refractivity contribution < 1.29 is 19.1 Å². The number of carbonyl (C=O) groups excluding carboxylic acids is 2. The van der Waals surface area contributed by atoms with Crippen LogP contribution in [-0.4, -0.2) is 38.7 Å². The number of ether oxygens (including phenoxy) is 2. The van der Waals surface area contributed by atoms with Crippen molar-refractivity contribution in [3.63, 3.8) is 0 Å². The summed E-state index contributed by atoms with van der Waals surface area (Å²) < 4.78 is 10.1. The summed E-state index contributed by atoms with van der Waals surface area (Å²) >= 11 is 0. The number of benzene rings is 1. The second-order valence-corrected chi connectivity index (χ2v) is 5.23. The van der Waals surface area contributed by atoms with Crippen molar-refractivity contribution in [3.8, 4) is 5.75 Å². The molecule has 1 saturated heterocycles. The lowest BCUT2D eigenvalue weighted by atomic mass is 10.1. The number of nitrogens with one attached hydrogen (secondary N) is 2. The molecule has 2 rings (SSSR count). The van der Waals surface area contributed by atoms with Crippen LogP contribution in [0.2, 0.25) is 0 Å². The Hall–Kier alpha value is -2.08. The van der Waals surface area contributed by atoms with Gasteiger partial charge in [0, 0.05) is 18.7 Å². The average molecular weight is 306 g/mol. The highest BCUT2D eigenvalue weighted by Crippen LogP contribution is 2.18. The molecule has 1 aromatic rings. The number of amides is 1. The molecule has 1 aromatic carbocycles. The minimum Gasteiger partial charge on any atom is -0.494 e. The molecule has 22 heavy (non-hydrogen) atoms. The van der Waals surface area contributed by atoms with Crippen LogP contribution in [-0.2, 0) is 14.3 Å². The maximum absolute atomic E-state index is 12.0. The third-order valence-corrected chi connectivity index (χ3v) is 3.57. The fourth-order valence-corrected chi connectivity index (χ4v) is 2.27. The molecular formula is C16H22N2O4. The van der Waals surface area contributed by atoms with E-state index in [4.69, 9.17) is 4.74 Å². The van der Waals surface area contributed by atoms with Crippen LogP contribution in [0.4, 0.5) is 5.69 Å². The molecule has 0 spiro atoms. The molecule has 1 unspecified atom stereocenters. The van der Waals surface area contributed by atoms with Gasteiger partial charge in [0.1, 0.15) is 5.75 Å². The topological polar surface area (TPSA) is 76.7 Å². The fraction of sp³-hybridized carbons (Fsp3) is 0.500. The molecule has 6 nitrogen and oxygen atoms in total. The highest BCUT2D eigenvalue weighted by molar-refractivity contribution is 5.92. The monoisotopic (exact) mass is 306 g/mol. The number of rotatable bonds is 7. The van der Waals surface area contributed by atoms with Gasteiger partial charge in [-0.3, -0.25) is 9.59 Å². The third-order valence-electron chi connectivity index (χ3n) is 3.57. The molecule has 0 radical (unpaired) electrons. The SMILES string of the molecule is COC(=O)CCCOc1ccc(NC(=O)C2CCNC2)cc1. The lowest BCUT2D eigenvalue weighted by Crippen LogP contribution is -2.24. The quantitative estimate of drug-likeness (QED) is 0.590. The number of esters is 1.